The number of hydrogen-bond donors (Lipinski definition) is 1. The van der Waals surface area contributed by atoms with Crippen LogP contribution < -0.4 is 10.1 Å². The van der Waals surface area contributed by atoms with Gasteiger partial charge in [-0.1, -0.05) is 47.5 Å². The predicted molar refractivity (Wildman–Crippen MR) is 105 cm³/mol. The Morgan fingerprint density at radius 3 is 2.23 bits per heavy atom. The minimum atomic E-state index is -0.243. The molecule has 0 heterocycles. The molecule has 3 rings (SSSR count). The molecule has 132 valence electrons. The van der Waals surface area contributed by atoms with Crippen LogP contribution in [0.2, 0.25) is 10.0 Å². The maximum absolute atomic E-state index is 12.5. The van der Waals surface area contributed by atoms with E-state index in [0.717, 1.165) is 11.3 Å². The molecule has 1 amide bonds. The van der Waals surface area contributed by atoms with Crippen molar-refractivity contribution < 1.29 is 9.53 Å². The topological polar surface area (TPSA) is 38.3 Å². The summed E-state index contributed by atoms with van der Waals surface area (Å²) in [4.78, 5) is 12.5. The van der Waals surface area contributed by atoms with Crippen LogP contribution in [0.4, 0.5) is 0 Å². The van der Waals surface area contributed by atoms with Crippen molar-refractivity contribution in [3.05, 3.63) is 94.0 Å². The molecule has 0 fully saturated rings. The number of carbonyl (C=O) groups is 1. The maximum atomic E-state index is 12.5. The van der Waals surface area contributed by atoms with Crippen molar-refractivity contribution in [2.75, 3.05) is 0 Å². The maximum Gasteiger partial charge on any atom is 0.251 e. The zero-order chi connectivity index (χ0) is 18.5. The van der Waals surface area contributed by atoms with Gasteiger partial charge in [-0.2, -0.15) is 0 Å². The van der Waals surface area contributed by atoms with Gasteiger partial charge in [-0.15, -0.1) is 0 Å². The average Bonchev–Trinajstić information content (AvgIpc) is 2.63. The third-order valence-corrected chi connectivity index (χ3v) is 4.43. The van der Waals surface area contributed by atoms with Gasteiger partial charge in [-0.05, 0) is 61.0 Å². The fraction of sp³-hybridized carbons (Fsp3) is 0.0952. The van der Waals surface area contributed by atoms with Gasteiger partial charge in [-0.25, -0.2) is 0 Å². The minimum Gasteiger partial charge on any atom is -0.457 e. The molecule has 1 atom stereocenters. The third kappa shape index (κ3) is 4.57. The van der Waals surface area contributed by atoms with E-state index in [-0.39, 0.29) is 11.9 Å². The number of amides is 1. The fourth-order valence-corrected chi connectivity index (χ4v) is 3.08. The molecule has 0 saturated heterocycles. The molecule has 0 spiro atoms. The molecule has 0 aliphatic rings. The van der Waals surface area contributed by atoms with E-state index in [9.17, 15) is 4.79 Å². The molecule has 0 bridgehead atoms. The van der Waals surface area contributed by atoms with Crippen molar-refractivity contribution in [3.8, 4) is 11.5 Å². The normalized spacial score (nSPS) is 11.7. The molecule has 0 saturated carbocycles. The Labute approximate surface area is 162 Å². The Hall–Kier alpha value is -2.49. The van der Waals surface area contributed by atoms with E-state index in [1.54, 1.807) is 36.4 Å². The second-order valence-electron chi connectivity index (χ2n) is 5.80. The van der Waals surface area contributed by atoms with E-state index in [4.69, 9.17) is 27.9 Å². The highest BCUT2D eigenvalue weighted by atomic mass is 35.5. The Balaban J connectivity index is 1.66. The Bertz CT molecular complexity index is 896. The number of ether oxygens (including phenoxy) is 1. The number of nitrogens with one attached hydrogen (secondary N) is 1. The summed E-state index contributed by atoms with van der Waals surface area (Å²) in [6.45, 7) is 1.87. The lowest BCUT2D eigenvalue weighted by Crippen LogP contribution is -2.26. The van der Waals surface area contributed by atoms with Crippen LogP contribution in [0.25, 0.3) is 0 Å². The quantitative estimate of drug-likeness (QED) is 0.561. The second kappa shape index (κ2) is 8.26. The van der Waals surface area contributed by atoms with Gasteiger partial charge >= 0.3 is 0 Å². The summed E-state index contributed by atoms with van der Waals surface area (Å²) in [6, 6.07) is 21.4. The molecule has 3 nitrogen and oxygen atoms in total. The highest BCUT2D eigenvalue weighted by molar-refractivity contribution is 6.35. The zero-order valence-corrected chi connectivity index (χ0v) is 15.6. The summed E-state index contributed by atoms with van der Waals surface area (Å²) in [7, 11) is 0. The summed E-state index contributed by atoms with van der Waals surface area (Å²) in [5.74, 6) is 1.23. The number of rotatable bonds is 5. The first-order valence-corrected chi connectivity index (χ1v) is 8.87. The van der Waals surface area contributed by atoms with E-state index in [2.05, 4.69) is 5.32 Å². The Morgan fingerprint density at radius 2 is 1.58 bits per heavy atom. The van der Waals surface area contributed by atoms with Crippen LogP contribution >= 0.6 is 23.2 Å². The van der Waals surface area contributed by atoms with Gasteiger partial charge in [0.1, 0.15) is 11.5 Å². The first-order valence-electron chi connectivity index (χ1n) is 8.12. The number of benzene rings is 3. The Kier molecular flexibility index (Phi) is 5.82. The summed E-state index contributed by atoms with van der Waals surface area (Å²) in [5.41, 5.74) is 1.36. The molecular formula is C21H17Cl2NO2. The molecular weight excluding hydrogens is 369 g/mol. The van der Waals surface area contributed by atoms with Crippen molar-refractivity contribution in [2.24, 2.45) is 0 Å². The largest absolute Gasteiger partial charge is 0.457 e. The zero-order valence-electron chi connectivity index (χ0n) is 14.1. The molecule has 26 heavy (non-hydrogen) atoms. The molecule has 0 radical (unpaired) electrons. The van der Waals surface area contributed by atoms with Crippen LogP contribution in [0.5, 0.6) is 11.5 Å². The van der Waals surface area contributed by atoms with Crippen molar-refractivity contribution in [1.29, 1.82) is 0 Å². The van der Waals surface area contributed by atoms with Crippen LogP contribution in [0, 0.1) is 0 Å². The van der Waals surface area contributed by atoms with E-state index >= 15 is 0 Å². The Morgan fingerprint density at radius 1 is 0.923 bits per heavy atom. The van der Waals surface area contributed by atoms with Crippen molar-refractivity contribution in [2.45, 2.75) is 13.0 Å². The van der Waals surface area contributed by atoms with E-state index < -0.39 is 0 Å². The number of carbonyl (C=O) groups excluding carboxylic acids is 1. The van der Waals surface area contributed by atoms with Crippen molar-refractivity contribution in [1.82, 2.24) is 5.32 Å². The lowest BCUT2D eigenvalue weighted by atomic mass is 10.1. The molecule has 0 aromatic heterocycles. The van der Waals surface area contributed by atoms with Gasteiger partial charge in [-0.3, -0.25) is 4.79 Å². The van der Waals surface area contributed by atoms with Crippen LogP contribution in [0.3, 0.4) is 0 Å². The van der Waals surface area contributed by atoms with Crippen LogP contribution in [-0.4, -0.2) is 5.91 Å². The average molecular weight is 386 g/mol. The van der Waals surface area contributed by atoms with Crippen molar-refractivity contribution in [3.63, 3.8) is 0 Å². The molecule has 0 aliphatic carbocycles. The monoisotopic (exact) mass is 385 g/mol. The number of halogens is 2. The smallest absolute Gasteiger partial charge is 0.251 e. The highest BCUT2D eigenvalue weighted by Crippen LogP contribution is 2.26. The van der Waals surface area contributed by atoms with Gasteiger partial charge in [0.15, 0.2) is 0 Å². The molecule has 1 unspecified atom stereocenters. The minimum absolute atomic E-state index is 0.185. The summed E-state index contributed by atoms with van der Waals surface area (Å²) in [6.07, 6.45) is 0. The standard InChI is InChI=1S/C21H17Cl2NO2/c1-14(19-12-9-16(22)13-20(19)23)24-21(25)15-7-10-18(11-8-15)26-17-5-3-2-4-6-17/h2-14H,1H3,(H,24,25). The summed E-state index contributed by atoms with van der Waals surface area (Å²) in [5, 5.41) is 4.02. The lowest BCUT2D eigenvalue weighted by molar-refractivity contribution is 0.0940. The summed E-state index contributed by atoms with van der Waals surface area (Å²) >= 11 is 12.1. The fourth-order valence-electron chi connectivity index (χ4n) is 2.51. The second-order valence-corrected chi connectivity index (χ2v) is 6.64. The van der Waals surface area contributed by atoms with Crippen LogP contribution in [0.1, 0.15) is 28.9 Å². The van der Waals surface area contributed by atoms with E-state index in [0.29, 0.717) is 21.4 Å². The van der Waals surface area contributed by atoms with E-state index in [1.165, 1.54) is 0 Å². The van der Waals surface area contributed by atoms with Gasteiger partial charge in [0.05, 0.1) is 6.04 Å². The molecule has 3 aromatic rings. The lowest BCUT2D eigenvalue weighted by Gasteiger charge is -2.16. The first-order chi connectivity index (χ1) is 12.5. The first kappa shape index (κ1) is 18.3. The third-order valence-electron chi connectivity index (χ3n) is 3.87. The predicted octanol–water partition coefficient (Wildman–Crippen LogP) is 6.28. The van der Waals surface area contributed by atoms with Crippen molar-refractivity contribution >= 4 is 29.1 Å². The van der Waals surface area contributed by atoms with Crippen LogP contribution in [0.15, 0.2) is 72.8 Å². The molecule has 0 aliphatic heterocycles. The van der Waals surface area contributed by atoms with Crippen LogP contribution in [-0.2, 0) is 0 Å². The number of hydrogen-bond acceptors (Lipinski definition) is 2. The van der Waals surface area contributed by atoms with Gasteiger partial charge in [0.25, 0.3) is 5.91 Å². The van der Waals surface area contributed by atoms with Gasteiger partial charge < -0.3 is 10.1 Å². The highest BCUT2D eigenvalue weighted by Gasteiger charge is 2.14. The van der Waals surface area contributed by atoms with Gasteiger partial charge in [0, 0.05) is 15.6 Å². The molecule has 5 heteroatoms. The van der Waals surface area contributed by atoms with E-state index in [1.807, 2.05) is 43.3 Å². The molecule has 3 aromatic carbocycles. The summed E-state index contributed by atoms with van der Waals surface area (Å²) < 4.78 is 5.73. The van der Waals surface area contributed by atoms with Gasteiger partial charge in [0.2, 0.25) is 0 Å². The SMILES string of the molecule is CC(NC(=O)c1ccc(Oc2ccccc2)cc1)c1ccc(Cl)cc1Cl. The molecule has 1 N–H and O–H groups in total. The number of para-hydroxylation sites is 1.